The van der Waals surface area contributed by atoms with Crippen LogP contribution in [0.1, 0.15) is 39.5 Å². The van der Waals surface area contributed by atoms with Crippen molar-refractivity contribution in [2.75, 3.05) is 6.61 Å². The molecule has 84 valence electrons. The van der Waals surface area contributed by atoms with Gasteiger partial charge in [0.25, 0.3) is 0 Å². The van der Waals surface area contributed by atoms with Gasteiger partial charge in [0.05, 0.1) is 6.61 Å². The zero-order valence-corrected chi connectivity index (χ0v) is 8.65. The summed E-state index contributed by atoms with van der Waals surface area (Å²) < 4.78 is 4.75. The van der Waals surface area contributed by atoms with Gasteiger partial charge in [-0.15, -0.1) is 0 Å². The first kappa shape index (κ1) is 15.2. The summed E-state index contributed by atoms with van der Waals surface area (Å²) in [5.41, 5.74) is 0. The number of carbonyl (C=O) groups is 2. The molecule has 0 aromatic carbocycles. The molecule has 0 saturated carbocycles. The van der Waals surface area contributed by atoms with E-state index in [-0.39, 0.29) is 5.97 Å². The molecule has 5 heteroatoms. The van der Waals surface area contributed by atoms with Crippen LogP contribution in [0, 0.1) is 0 Å². The lowest BCUT2D eigenvalue weighted by atomic mass is 10.2. The van der Waals surface area contributed by atoms with Gasteiger partial charge in [0.15, 0.2) is 0 Å². The smallest absolute Gasteiger partial charge is 0.466 e. The Morgan fingerprint density at radius 3 is 2.00 bits per heavy atom. The van der Waals surface area contributed by atoms with E-state index in [0.29, 0.717) is 13.0 Å². The molecule has 0 aliphatic rings. The fraction of sp³-hybridized carbons (Fsp3) is 0.778. The molecule has 0 radical (unpaired) electrons. The molecule has 0 unspecified atom stereocenters. The lowest BCUT2D eigenvalue weighted by Crippen LogP contribution is -2.02. The van der Waals surface area contributed by atoms with Crippen LogP contribution in [0.3, 0.4) is 0 Å². The highest BCUT2D eigenvalue weighted by molar-refractivity contribution is 5.69. The molecule has 0 spiro atoms. The Balaban J connectivity index is 0. The molecular weight excluding hydrogens is 188 g/mol. The molecule has 0 aliphatic heterocycles. The molecule has 2 N–H and O–H groups in total. The minimum absolute atomic E-state index is 0.0593. The predicted octanol–water partition coefficient (Wildman–Crippen LogP) is 2.35. The van der Waals surface area contributed by atoms with E-state index < -0.39 is 6.16 Å². The molecule has 0 heterocycles. The molecule has 0 aromatic heterocycles. The molecule has 0 aliphatic carbocycles. The Morgan fingerprint density at radius 2 is 1.64 bits per heavy atom. The second-order valence-corrected chi connectivity index (χ2v) is 2.54. The van der Waals surface area contributed by atoms with Crippen molar-refractivity contribution in [2.24, 2.45) is 0 Å². The van der Waals surface area contributed by atoms with E-state index in [9.17, 15) is 4.79 Å². The average Bonchev–Trinajstić information content (AvgIpc) is 2.04. The Morgan fingerprint density at radius 1 is 1.14 bits per heavy atom. The Hall–Kier alpha value is -1.26. The second kappa shape index (κ2) is 11.7. The Labute approximate surface area is 83.7 Å². The van der Waals surface area contributed by atoms with E-state index in [2.05, 4.69) is 6.92 Å². The van der Waals surface area contributed by atoms with Crippen LogP contribution in [0.5, 0.6) is 0 Å². The monoisotopic (exact) mass is 206 g/mol. The number of hydrogen-bond donors (Lipinski definition) is 2. The van der Waals surface area contributed by atoms with E-state index in [1.54, 1.807) is 0 Å². The zero-order chi connectivity index (χ0) is 11.4. The van der Waals surface area contributed by atoms with Gasteiger partial charge in [-0.3, -0.25) is 4.79 Å². The van der Waals surface area contributed by atoms with Crippen molar-refractivity contribution in [3.63, 3.8) is 0 Å². The van der Waals surface area contributed by atoms with Crippen molar-refractivity contribution in [2.45, 2.75) is 39.5 Å². The van der Waals surface area contributed by atoms with Gasteiger partial charge in [-0.05, 0) is 13.3 Å². The maximum atomic E-state index is 10.7. The number of hydrogen-bond acceptors (Lipinski definition) is 3. The van der Waals surface area contributed by atoms with E-state index in [1.807, 2.05) is 6.92 Å². The third-order valence-corrected chi connectivity index (χ3v) is 1.29. The number of esters is 1. The highest BCUT2D eigenvalue weighted by Crippen LogP contribution is 1.99. The average molecular weight is 206 g/mol. The molecule has 0 amide bonds. The van der Waals surface area contributed by atoms with Crippen molar-refractivity contribution < 1.29 is 24.5 Å². The van der Waals surface area contributed by atoms with Gasteiger partial charge < -0.3 is 14.9 Å². The molecule has 0 saturated heterocycles. The van der Waals surface area contributed by atoms with Crippen LogP contribution >= 0.6 is 0 Å². The topological polar surface area (TPSA) is 83.8 Å². The van der Waals surface area contributed by atoms with Gasteiger partial charge in [-0.2, -0.15) is 0 Å². The largest absolute Gasteiger partial charge is 0.503 e. The van der Waals surface area contributed by atoms with Crippen LogP contribution in [0.2, 0.25) is 0 Å². The zero-order valence-electron chi connectivity index (χ0n) is 8.65. The lowest BCUT2D eigenvalue weighted by molar-refractivity contribution is -0.143. The summed E-state index contributed by atoms with van der Waals surface area (Å²) in [4.78, 5) is 19.3. The van der Waals surface area contributed by atoms with Crippen LogP contribution in [-0.2, 0) is 9.53 Å². The first-order chi connectivity index (χ1) is 6.54. The van der Waals surface area contributed by atoms with Crippen LogP contribution in [0.4, 0.5) is 4.79 Å². The summed E-state index contributed by atoms with van der Waals surface area (Å²) in [7, 11) is 0. The van der Waals surface area contributed by atoms with Crippen molar-refractivity contribution >= 4 is 12.1 Å². The van der Waals surface area contributed by atoms with Crippen molar-refractivity contribution in [3.8, 4) is 0 Å². The predicted molar refractivity (Wildman–Crippen MR) is 51.4 cm³/mol. The quantitative estimate of drug-likeness (QED) is 0.532. The summed E-state index contributed by atoms with van der Waals surface area (Å²) in [5.74, 6) is -0.0593. The molecule has 0 fully saturated rings. The van der Waals surface area contributed by atoms with Crippen LogP contribution < -0.4 is 0 Å². The summed E-state index contributed by atoms with van der Waals surface area (Å²) in [6.45, 7) is 4.45. The molecule has 0 bridgehead atoms. The van der Waals surface area contributed by atoms with Gasteiger partial charge in [-0.25, -0.2) is 4.79 Å². The lowest BCUT2D eigenvalue weighted by Gasteiger charge is -1.99. The van der Waals surface area contributed by atoms with Gasteiger partial charge >= 0.3 is 12.1 Å². The van der Waals surface area contributed by atoms with E-state index >= 15 is 0 Å². The van der Waals surface area contributed by atoms with Gasteiger partial charge in [-0.1, -0.05) is 19.8 Å². The fourth-order valence-electron chi connectivity index (χ4n) is 0.752. The molecule has 0 atom stereocenters. The standard InChI is InChI=1S/C8H16O2.CH2O3/c1-3-5-6-7-8(9)10-4-2;2-1(3)4/h3-7H2,1-2H3;(H2,2,3,4). The fourth-order valence-corrected chi connectivity index (χ4v) is 0.752. The Bertz CT molecular complexity index is 151. The number of carbonyl (C=O) groups excluding carboxylic acids is 1. The van der Waals surface area contributed by atoms with E-state index in [0.717, 1.165) is 19.3 Å². The van der Waals surface area contributed by atoms with Crippen molar-refractivity contribution in [1.82, 2.24) is 0 Å². The number of rotatable bonds is 5. The summed E-state index contributed by atoms with van der Waals surface area (Å²) in [6.07, 6.45) is 2.00. The van der Waals surface area contributed by atoms with Crippen LogP contribution in [0.25, 0.3) is 0 Å². The summed E-state index contributed by atoms with van der Waals surface area (Å²) in [6, 6.07) is 0. The molecule has 5 nitrogen and oxygen atoms in total. The number of unbranched alkanes of at least 4 members (excludes halogenated alkanes) is 2. The highest BCUT2D eigenvalue weighted by atomic mass is 16.6. The summed E-state index contributed by atoms with van der Waals surface area (Å²) >= 11 is 0. The van der Waals surface area contributed by atoms with E-state index in [4.69, 9.17) is 19.7 Å². The number of carboxylic acid groups (broad SMARTS) is 2. The minimum atomic E-state index is -1.83. The van der Waals surface area contributed by atoms with Crippen molar-refractivity contribution in [3.05, 3.63) is 0 Å². The van der Waals surface area contributed by atoms with Crippen LogP contribution in [-0.4, -0.2) is 28.9 Å². The molecule has 0 rings (SSSR count). The SMILES string of the molecule is CCCCCC(=O)OCC.O=C(O)O. The maximum absolute atomic E-state index is 10.7. The first-order valence-electron chi connectivity index (χ1n) is 4.62. The minimum Gasteiger partial charge on any atom is -0.466 e. The Kier molecular flexibility index (Phi) is 12.8. The molecule has 0 aromatic rings. The first-order valence-corrected chi connectivity index (χ1v) is 4.62. The maximum Gasteiger partial charge on any atom is 0.503 e. The van der Waals surface area contributed by atoms with Gasteiger partial charge in [0.2, 0.25) is 0 Å². The second-order valence-electron chi connectivity index (χ2n) is 2.54. The third kappa shape index (κ3) is 22.4. The highest BCUT2D eigenvalue weighted by Gasteiger charge is 1.98. The summed E-state index contributed by atoms with van der Waals surface area (Å²) in [5, 5.41) is 13.9. The number of ether oxygens (including phenoxy) is 1. The van der Waals surface area contributed by atoms with Crippen molar-refractivity contribution in [1.29, 1.82) is 0 Å². The van der Waals surface area contributed by atoms with Gasteiger partial charge in [0, 0.05) is 6.42 Å². The third-order valence-electron chi connectivity index (χ3n) is 1.29. The van der Waals surface area contributed by atoms with Crippen LogP contribution in [0.15, 0.2) is 0 Å². The van der Waals surface area contributed by atoms with E-state index in [1.165, 1.54) is 0 Å². The normalized spacial score (nSPS) is 8.43. The van der Waals surface area contributed by atoms with Gasteiger partial charge in [0.1, 0.15) is 0 Å². The molecule has 14 heavy (non-hydrogen) atoms. The molecular formula is C9H18O5.